The average Bonchev–Trinajstić information content (AvgIpc) is 2.76. The second kappa shape index (κ2) is 6.16. The predicted molar refractivity (Wildman–Crippen MR) is 70.9 cm³/mol. The molecule has 6 heteroatoms. The highest BCUT2D eigenvalue weighted by atomic mass is 16.5. The fraction of sp³-hybridized carbons (Fsp3) is 0.692. The van der Waals surface area contributed by atoms with Gasteiger partial charge in [0, 0.05) is 31.6 Å². The maximum Gasteiger partial charge on any atom is 0.226 e. The van der Waals surface area contributed by atoms with Gasteiger partial charge in [0.15, 0.2) is 5.82 Å². The lowest BCUT2D eigenvalue weighted by Crippen LogP contribution is -2.48. The molecule has 1 amide bonds. The molecule has 6 nitrogen and oxygen atoms in total. The van der Waals surface area contributed by atoms with Crippen molar-refractivity contribution in [1.82, 2.24) is 10.1 Å². The van der Waals surface area contributed by atoms with E-state index in [-0.39, 0.29) is 12.0 Å². The molecule has 0 aliphatic carbocycles. The van der Waals surface area contributed by atoms with Crippen molar-refractivity contribution in [2.24, 2.45) is 0 Å². The molecule has 1 aromatic rings. The summed E-state index contributed by atoms with van der Waals surface area (Å²) in [6, 6.07) is 2.07. The Labute approximate surface area is 113 Å². The van der Waals surface area contributed by atoms with Gasteiger partial charge < -0.3 is 14.6 Å². The molecular weight excluding hydrogens is 246 g/mol. The minimum Gasteiger partial charge on any atom is -0.376 e. The lowest BCUT2D eigenvalue weighted by atomic mass is 10.2. The zero-order valence-corrected chi connectivity index (χ0v) is 11.7. The van der Waals surface area contributed by atoms with Gasteiger partial charge in [-0.05, 0) is 20.8 Å². The van der Waals surface area contributed by atoms with E-state index in [1.54, 1.807) is 13.0 Å². The molecule has 1 fully saturated rings. The van der Waals surface area contributed by atoms with Crippen LogP contribution in [0.1, 0.15) is 26.0 Å². The molecule has 1 saturated heterocycles. The summed E-state index contributed by atoms with van der Waals surface area (Å²) in [5.41, 5.74) is 0. The zero-order valence-electron chi connectivity index (χ0n) is 11.7. The molecule has 2 heterocycles. The Morgan fingerprint density at radius 3 is 3.05 bits per heavy atom. The standard InChI is InChI=1S/C13H21N3O3/c1-9-8-18-11(3)7-16(9)5-4-13(17)14-12-6-10(2)19-15-12/h6,9,11H,4-5,7-8H2,1-3H3,(H,14,15,17)/t9-,11+/m1/s1. The number of aryl methyl sites for hydroxylation is 1. The van der Waals surface area contributed by atoms with Crippen LogP contribution in [0.25, 0.3) is 0 Å². The van der Waals surface area contributed by atoms with Crippen molar-refractivity contribution in [2.75, 3.05) is 25.0 Å². The minimum absolute atomic E-state index is 0.0420. The Kier molecular flexibility index (Phi) is 4.55. The van der Waals surface area contributed by atoms with E-state index in [1.165, 1.54) is 0 Å². The number of aromatic nitrogens is 1. The van der Waals surface area contributed by atoms with Crippen LogP contribution in [0.15, 0.2) is 10.6 Å². The SMILES string of the molecule is Cc1cc(NC(=O)CCN2C[C@H](C)OC[C@H]2C)no1. The van der Waals surface area contributed by atoms with Crippen molar-refractivity contribution in [3.8, 4) is 0 Å². The Morgan fingerprint density at radius 1 is 1.58 bits per heavy atom. The first-order valence-electron chi connectivity index (χ1n) is 6.63. The highest BCUT2D eigenvalue weighted by Crippen LogP contribution is 2.12. The number of hydrogen-bond donors (Lipinski definition) is 1. The van der Waals surface area contributed by atoms with Gasteiger partial charge in [0.2, 0.25) is 5.91 Å². The van der Waals surface area contributed by atoms with Gasteiger partial charge in [0.1, 0.15) is 5.76 Å². The van der Waals surface area contributed by atoms with Gasteiger partial charge in [-0.15, -0.1) is 0 Å². The summed E-state index contributed by atoms with van der Waals surface area (Å²) in [5.74, 6) is 1.12. The number of hydrogen-bond acceptors (Lipinski definition) is 5. The molecular formula is C13H21N3O3. The first kappa shape index (κ1) is 14.0. The minimum atomic E-state index is -0.0420. The van der Waals surface area contributed by atoms with Gasteiger partial charge >= 0.3 is 0 Å². The molecule has 0 bridgehead atoms. The third-order valence-electron chi connectivity index (χ3n) is 3.26. The normalized spacial score (nSPS) is 24.4. The van der Waals surface area contributed by atoms with E-state index in [0.717, 1.165) is 19.7 Å². The number of rotatable bonds is 4. The first-order chi connectivity index (χ1) is 9.04. The number of morpholine rings is 1. The van der Waals surface area contributed by atoms with Gasteiger partial charge in [-0.1, -0.05) is 5.16 Å². The second-order valence-electron chi connectivity index (χ2n) is 5.11. The molecule has 0 aromatic carbocycles. The Balaban J connectivity index is 1.76. The zero-order chi connectivity index (χ0) is 13.8. The molecule has 0 unspecified atom stereocenters. The van der Waals surface area contributed by atoms with E-state index in [2.05, 4.69) is 29.2 Å². The van der Waals surface area contributed by atoms with Gasteiger partial charge in [-0.3, -0.25) is 9.69 Å². The van der Waals surface area contributed by atoms with E-state index < -0.39 is 0 Å². The summed E-state index contributed by atoms with van der Waals surface area (Å²) >= 11 is 0. The molecule has 106 valence electrons. The average molecular weight is 267 g/mol. The van der Waals surface area contributed by atoms with Crippen LogP contribution in [0, 0.1) is 6.92 Å². The van der Waals surface area contributed by atoms with Crippen LogP contribution >= 0.6 is 0 Å². The van der Waals surface area contributed by atoms with Gasteiger partial charge in [-0.25, -0.2) is 0 Å². The second-order valence-corrected chi connectivity index (χ2v) is 5.11. The number of carbonyl (C=O) groups excluding carboxylic acids is 1. The van der Waals surface area contributed by atoms with Gasteiger partial charge in [0.25, 0.3) is 0 Å². The van der Waals surface area contributed by atoms with Crippen LogP contribution in [0.2, 0.25) is 0 Å². The summed E-state index contributed by atoms with van der Waals surface area (Å²) in [5, 5.41) is 6.46. The fourth-order valence-electron chi connectivity index (χ4n) is 2.16. The van der Waals surface area contributed by atoms with E-state index >= 15 is 0 Å². The summed E-state index contributed by atoms with van der Waals surface area (Å²) < 4.78 is 10.5. The highest BCUT2D eigenvalue weighted by molar-refractivity contribution is 5.89. The summed E-state index contributed by atoms with van der Waals surface area (Å²) in [6.07, 6.45) is 0.681. The molecule has 1 aliphatic heterocycles. The molecule has 1 aromatic heterocycles. The molecule has 2 rings (SSSR count). The van der Waals surface area contributed by atoms with Crippen LogP contribution in [-0.4, -0.2) is 47.8 Å². The number of nitrogens with zero attached hydrogens (tertiary/aromatic N) is 2. The van der Waals surface area contributed by atoms with E-state index in [4.69, 9.17) is 9.26 Å². The molecule has 0 spiro atoms. The third kappa shape index (κ3) is 4.04. The van der Waals surface area contributed by atoms with Crippen LogP contribution in [0.4, 0.5) is 5.82 Å². The van der Waals surface area contributed by atoms with Gasteiger partial charge in [0.05, 0.1) is 12.7 Å². The number of ether oxygens (including phenoxy) is 1. The molecule has 0 radical (unpaired) electrons. The molecule has 19 heavy (non-hydrogen) atoms. The van der Waals surface area contributed by atoms with E-state index in [1.807, 2.05) is 0 Å². The van der Waals surface area contributed by atoms with Crippen molar-refractivity contribution in [3.05, 3.63) is 11.8 Å². The quantitative estimate of drug-likeness (QED) is 0.893. The predicted octanol–water partition coefficient (Wildman–Crippen LogP) is 1.42. The number of anilines is 1. The van der Waals surface area contributed by atoms with Crippen LogP contribution in [-0.2, 0) is 9.53 Å². The lowest BCUT2D eigenvalue weighted by Gasteiger charge is -2.36. The summed E-state index contributed by atoms with van der Waals surface area (Å²) in [4.78, 5) is 14.1. The summed E-state index contributed by atoms with van der Waals surface area (Å²) in [6.45, 7) is 8.29. The van der Waals surface area contributed by atoms with Crippen molar-refractivity contribution in [3.63, 3.8) is 0 Å². The van der Waals surface area contributed by atoms with Crippen molar-refractivity contribution in [2.45, 2.75) is 39.3 Å². The van der Waals surface area contributed by atoms with Gasteiger partial charge in [-0.2, -0.15) is 0 Å². The summed E-state index contributed by atoms with van der Waals surface area (Å²) in [7, 11) is 0. The maximum atomic E-state index is 11.8. The first-order valence-corrected chi connectivity index (χ1v) is 6.63. The number of nitrogens with one attached hydrogen (secondary N) is 1. The van der Waals surface area contributed by atoms with Crippen LogP contribution in [0.5, 0.6) is 0 Å². The largest absolute Gasteiger partial charge is 0.376 e. The fourth-order valence-corrected chi connectivity index (χ4v) is 2.16. The molecule has 2 atom stereocenters. The van der Waals surface area contributed by atoms with Crippen molar-refractivity contribution >= 4 is 11.7 Å². The molecule has 1 aliphatic rings. The van der Waals surface area contributed by atoms with Crippen molar-refractivity contribution < 1.29 is 14.1 Å². The Hall–Kier alpha value is -1.40. The number of amides is 1. The smallest absolute Gasteiger partial charge is 0.226 e. The Bertz CT molecular complexity index is 433. The Morgan fingerprint density at radius 2 is 2.37 bits per heavy atom. The topological polar surface area (TPSA) is 67.6 Å². The van der Waals surface area contributed by atoms with Crippen molar-refractivity contribution in [1.29, 1.82) is 0 Å². The van der Waals surface area contributed by atoms with E-state index in [0.29, 0.717) is 24.0 Å². The molecule has 0 saturated carbocycles. The lowest BCUT2D eigenvalue weighted by molar-refractivity contribution is -0.117. The monoisotopic (exact) mass is 267 g/mol. The van der Waals surface area contributed by atoms with Crippen LogP contribution in [0.3, 0.4) is 0 Å². The number of carbonyl (C=O) groups is 1. The highest BCUT2D eigenvalue weighted by Gasteiger charge is 2.23. The third-order valence-corrected chi connectivity index (χ3v) is 3.26. The van der Waals surface area contributed by atoms with E-state index in [9.17, 15) is 4.79 Å². The van der Waals surface area contributed by atoms with Crippen LogP contribution < -0.4 is 5.32 Å². The molecule has 1 N–H and O–H groups in total. The maximum absolute atomic E-state index is 11.8.